The van der Waals surface area contributed by atoms with Gasteiger partial charge < -0.3 is 10.2 Å². The minimum atomic E-state index is -0.456. The Morgan fingerprint density at radius 3 is 2.50 bits per heavy atom. The molecule has 0 bridgehead atoms. The topological polar surface area (TPSA) is 83.7 Å². The van der Waals surface area contributed by atoms with Crippen LogP contribution in [0.4, 0.5) is 11.5 Å². The van der Waals surface area contributed by atoms with Crippen molar-refractivity contribution in [2.45, 2.75) is 33.6 Å². The lowest BCUT2D eigenvalue weighted by Crippen LogP contribution is -2.24. The number of anilines is 1. The Morgan fingerprint density at radius 1 is 1.16 bits per heavy atom. The molecule has 2 aliphatic rings. The Kier molecular flexibility index (Phi) is 7.08. The van der Waals surface area contributed by atoms with Gasteiger partial charge in [-0.25, -0.2) is 4.98 Å². The second kappa shape index (κ2) is 9.77. The highest BCUT2D eigenvalue weighted by molar-refractivity contribution is 6.07. The van der Waals surface area contributed by atoms with Crippen LogP contribution in [0.3, 0.4) is 0 Å². The van der Waals surface area contributed by atoms with E-state index in [9.17, 15) is 10.1 Å². The van der Waals surface area contributed by atoms with Crippen LogP contribution < -0.4 is 5.32 Å². The molecule has 0 saturated carbocycles. The number of amidine groups is 1. The van der Waals surface area contributed by atoms with Crippen molar-refractivity contribution < 1.29 is 4.92 Å². The third kappa shape index (κ3) is 5.04. The number of nitro groups is 1. The maximum absolute atomic E-state index is 10.8. The zero-order chi connectivity index (χ0) is 23.4. The van der Waals surface area contributed by atoms with E-state index in [1.165, 1.54) is 40.1 Å². The van der Waals surface area contributed by atoms with Crippen LogP contribution in [0.5, 0.6) is 0 Å². The van der Waals surface area contributed by atoms with Gasteiger partial charge in [0.2, 0.25) is 0 Å². The fourth-order valence-electron chi connectivity index (χ4n) is 3.79. The molecular formula is C25H31N5O2. The van der Waals surface area contributed by atoms with Crippen LogP contribution in [0.2, 0.25) is 0 Å². The van der Waals surface area contributed by atoms with E-state index in [2.05, 4.69) is 62.3 Å². The fourth-order valence-corrected chi connectivity index (χ4v) is 3.79. The fraction of sp³-hybridized carbons (Fsp3) is 0.360. The highest BCUT2D eigenvalue weighted by atomic mass is 16.6. The molecule has 1 aromatic heterocycles. The minimum Gasteiger partial charge on any atom is -0.368 e. The number of hydrogen-bond acceptors (Lipinski definition) is 5. The van der Waals surface area contributed by atoms with E-state index >= 15 is 0 Å². The molecule has 168 valence electrons. The van der Waals surface area contributed by atoms with Crippen LogP contribution in [0.1, 0.15) is 42.0 Å². The first kappa shape index (κ1) is 23.2. The Bertz CT molecular complexity index is 1100. The number of aliphatic imine (C=N–C) groups is 1. The minimum absolute atomic E-state index is 0.0222. The van der Waals surface area contributed by atoms with Crippen LogP contribution in [0, 0.1) is 24.0 Å². The number of nitrogens with one attached hydrogen (secondary N) is 1. The third-order valence-corrected chi connectivity index (χ3v) is 5.52. The number of aromatic nitrogens is 1. The van der Waals surface area contributed by atoms with Crippen molar-refractivity contribution in [1.82, 2.24) is 9.88 Å². The largest absolute Gasteiger partial charge is 0.368 e. The molecule has 0 aliphatic heterocycles. The van der Waals surface area contributed by atoms with Gasteiger partial charge in [-0.3, -0.25) is 15.1 Å². The number of fused-ring (bicyclic) bond motifs is 1. The first-order valence-electron chi connectivity index (χ1n) is 10.8. The van der Waals surface area contributed by atoms with E-state index in [0.29, 0.717) is 24.8 Å². The van der Waals surface area contributed by atoms with Crippen molar-refractivity contribution in [3.8, 4) is 11.1 Å². The van der Waals surface area contributed by atoms with Gasteiger partial charge in [-0.15, -0.1) is 0 Å². The number of rotatable bonds is 7. The van der Waals surface area contributed by atoms with Crippen LogP contribution >= 0.6 is 0 Å². The average Bonchev–Trinajstić information content (AvgIpc) is 2.94. The molecule has 7 nitrogen and oxygen atoms in total. The smallest absolute Gasteiger partial charge is 0.287 e. The van der Waals surface area contributed by atoms with E-state index in [1.807, 2.05) is 19.0 Å². The monoisotopic (exact) mass is 433 g/mol. The van der Waals surface area contributed by atoms with Gasteiger partial charge in [0.25, 0.3) is 5.69 Å². The van der Waals surface area contributed by atoms with Crippen molar-refractivity contribution in [2.24, 2.45) is 4.99 Å². The number of nitrogens with zero attached hydrogens (tertiary/aromatic N) is 4. The lowest BCUT2D eigenvalue weighted by atomic mass is 10.0. The van der Waals surface area contributed by atoms with Crippen LogP contribution in [-0.2, 0) is 0 Å². The van der Waals surface area contributed by atoms with Gasteiger partial charge >= 0.3 is 0 Å². The summed E-state index contributed by atoms with van der Waals surface area (Å²) in [6.45, 7) is 9.87. The van der Waals surface area contributed by atoms with Gasteiger partial charge in [0.15, 0.2) is 0 Å². The van der Waals surface area contributed by atoms with Crippen molar-refractivity contribution in [3.63, 3.8) is 0 Å². The molecule has 1 heterocycles. The predicted molar refractivity (Wildman–Crippen MR) is 131 cm³/mol. The van der Waals surface area contributed by atoms with E-state index in [-0.39, 0.29) is 5.69 Å². The summed E-state index contributed by atoms with van der Waals surface area (Å²) in [6.07, 6.45) is 1.25. The molecule has 7 heteroatoms. The SMILES string of the molecule is Cc1cc(C(=NCCNc2ccc([N+](=O)[O-])cn2)N(C)C)c2c(C)ccc(C(C)C)cc1-2. The summed E-state index contributed by atoms with van der Waals surface area (Å²) in [5, 5.41) is 13.9. The average molecular weight is 434 g/mol. The summed E-state index contributed by atoms with van der Waals surface area (Å²) in [6, 6.07) is 12.0. The summed E-state index contributed by atoms with van der Waals surface area (Å²) in [7, 11) is 4.02. The first-order chi connectivity index (χ1) is 15.2. The molecule has 0 unspecified atom stereocenters. The molecule has 0 radical (unpaired) electrons. The van der Waals surface area contributed by atoms with Gasteiger partial charge in [-0.1, -0.05) is 32.0 Å². The molecule has 2 aliphatic carbocycles. The molecule has 32 heavy (non-hydrogen) atoms. The molecule has 0 spiro atoms. The Labute approximate surface area is 189 Å². The second-order valence-corrected chi connectivity index (χ2v) is 8.53. The van der Waals surface area contributed by atoms with Crippen molar-refractivity contribution in [2.75, 3.05) is 32.5 Å². The van der Waals surface area contributed by atoms with Gasteiger partial charge in [-0.2, -0.15) is 0 Å². The third-order valence-electron chi connectivity index (χ3n) is 5.52. The Morgan fingerprint density at radius 2 is 1.91 bits per heavy atom. The highest BCUT2D eigenvalue weighted by Gasteiger charge is 2.20. The lowest BCUT2D eigenvalue weighted by molar-refractivity contribution is -0.385. The molecule has 3 rings (SSSR count). The maximum Gasteiger partial charge on any atom is 0.287 e. The summed E-state index contributed by atoms with van der Waals surface area (Å²) < 4.78 is 0. The van der Waals surface area contributed by atoms with Gasteiger partial charge in [0, 0.05) is 32.3 Å². The number of pyridine rings is 1. The van der Waals surface area contributed by atoms with Crippen LogP contribution in [0.15, 0.2) is 47.6 Å². The quantitative estimate of drug-likeness (QED) is 0.181. The standard InChI is InChI=1S/C25H31N5O2/c1-16(2)19-8-7-17(3)24-21(14-19)18(4)13-22(24)25(29(5)6)27-12-11-26-23-10-9-20(15-28-23)30(31)32/h7-10,13-16H,11-12H2,1-6H3,(H,26,28). The predicted octanol–water partition coefficient (Wildman–Crippen LogP) is 5.26. The molecule has 0 aromatic carbocycles. The summed E-state index contributed by atoms with van der Waals surface area (Å²) >= 11 is 0. The molecule has 1 N–H and O–H groups in total. The highest BCUT2D eigenvalue weighted by Crippen LogP contribution is 2.36. The van der Waals surface area contributed by atoms with E-state index in [4.69, 9.17) is 4.99 Å². The molecule has 0 atom stereocenters. The van der Waals surface area contributed by atoms with Crippen LogP contribution in [-0.4, -0.2) is 47.8 Å². The van der Waals surface area contributed by atoms with E-state index < -0.39 is 4.92 Å². The molecule has 0 saturated heterocycles. The molecular weight excluding hydrogens is 402 g/mol. The molecule has 1 aromatic rings. The maximum atomic E-state index is 10.8. The van der Waals surface area contributed by atoms with Crippen molar-refractivity contribution >= 4 is 17.3 Å². The van der Waals surface area contributed by atoms with Crippen molar-refractivity contribution in [3.05, 3.63) is 75.0 Å². The van der Waals surface area contributed by atoms with Gasteiger partial charge in [0.1, 0.15) is 17.9 Å². The van der Waals surface area contributed by atoms with E-state index in [1.54, 1.807) is 6.07 Å². The normalized spacial score (nSPS) is 11.8. The second-order valence-electron chi connectivity index (χ2n) is 8.53. The number of hydrogen-bond donors (Lipinski definition) is 1. The van der Waals surface area contributed by atoms with Gasteiger partial charge in [0.05, 0.1) is 11.5 Å². The van der Waals surface area contributed by atoms with Gasteiger partial charge in [-0.05, 0) is 59.7 Å². The van der Waals surface area contributed by atoms with E-state index in [0.717, 1.165) is 11.4 Å². The Balaban J connectivity index is 1.84. The van der Waals surface area contributed by atoms with Crippen LogP contribution in [0.25, 0.3) is 11.1 Å². The lowest BCUT2D eigenvalue weighted by Gasteiger charge is -2.17. The molecule has 0 fully saturated rings. The zero-order valence-corrected chi connectivity index (χ0v) is 19.6. The Hall–Kier alpha value is -3.48. The van der Waals surface area contributed by atoms with Crippen molar-refractivity contribution in [1.29, 1.82) is 0 Å². The summed E-state index contributed by atoms with van der Waals surface area (Å²) in [5.41, 5.74) is 7.44. The first-order valence-corrected chi connectivity index (χ1v) is 10.8. The summed E-state index contributed by atoms with van der Waals surface area (Å²) in [4.78, 5) is 21.3. The molecule has 0 amide bonds. The zero-order valence-electron chi connectivity index (χ0n) is 19.6. The number of aryl methyl sites for hydroxylation is 2. The summed E-state index contributed by atoms with van der Waals surface area (Å²) in [5.74, 6) is 1.99.